The molecule has 1 amide bonds. The molecule has 0 atom stereocenters. The normalized spacial score (nSPS) is 11.2. The fourth-order valence-electron chi connectivity index (χ4n) is 1.66. The molecule has 3 nitrogen and oxygen atoms in total. The highest BCUT2D eigenvalue weighted by Crippen LogP contribution is 2.14. The van der Waals surface area contributed by atoms with Gasteiger partial charge in [0.05, 0.1) is 0 Å². The number of hydrogen-bond acceptors (Lipinski definition) is 2. The van der Waals surface area contributed by atoms with E-state index in [-0.39, 0.29) is 6.09 Å². The lowest BCUT2D eigenvalue weighted by molar-refractivity contribution is 0.0262. The summed E-state index contributed by atoms with van der Waals surface area (Å²) in [6.45, 7) is 8.93. The van der Waals surface area contributed by atoms with Crippen molar-refractivity contribution in [1.29, 1.82) is 0 Å². The second-order valence-electron chi connectivity index (χ2n) is 5.44. The Morgan fingerprint density at radius 3 is 2.58 bits per heavy atom. The molecule has 0 saturated heterocycles. The lowest BCUT2D eigenvalue weighted by Gasteiger charge is -2.26. The molecule has 0 aliphatic heterocycles. The van der Waals surface area contributed by atoms with Crippen LogP contribution in [0.15, 0.2) is 28.7 Å². The Morgan fingerprint density at radius 2 is 2.05 bits per heavy atom. The van der Waals surface area contributed by atoms with Gasteiger partial charge >= 0.3 is 6.09 Å². The summed E-state index contributed by atoms with van der Waals surface area (Å²) in [6.07, 6.45) is 0.581. The summed E-state index contributed by atoms with van der Waals surface area (Å²) in [6, 6.07) is 8.13. The Kier molecular flexibility index (Phi) is 5.85. The van der Waals surface area contributed by atoms with Gasteiger partial charge in [-0.1, -0.05) is 28.1 Å². The fraction of sp³-hybridized carbons (Fsp3) is 0.533. The molecule has 0 aromatic heterocycles. The van der Waals surface area contributed by atoms with Crippen LogP contribution in [0, 0.1) is 0 Å². The molecule has 0 spiro atoms. The smallest absolute Gasteiger partial charge is 0.410 e. The molecular weight excluding hydrogens is 306 g/mol. The third kappa shape index (κ3) is 6.10. The van der Waals surface area contributed by atoms with E-state index >= 15 is 0 Å². The number of rotatable bonds is 4. The monoisotopic (exact) mass is 327 g/mol. The fourth-order valence-corrected chi connectivity index (χ4v) is 2.11. The molecule has 1 rings (SSSR count). The van der Waals surface area contributed by atoms with Crippen molar-refractivity contribution in [2.24, 2.45) is 0 Å². The van der Waals surface area contributed by atoms with Gasteiger partial charge < -0.3 is 9.64 Å². The van der Waals surface area contributed by atoms with E-state index in [0.29, 0.717) is 13.1 Å². The molecule has 1 aromatic rings. The molecule has 0 heterocycles. The molecule has 0 saturated carbocycles. The van der Waals surface area contributed by atoms with Gasteiger partial charge in [0.1, 0.15) is 5.60 Å². The van der Waals surface area contributed by atoms with Crippen LogP contribution < -0.4 is 0 Å². The van der Waals surface area contributed by atoms with Crippen molar-refractivity contribution < 1.29 is 9.53 Å². The number of likely N-dealkylation sites (N-methyl/N-ethyl adjacent to an activating group) is 1. The Balaban J connectivity index is 2.55. The van der Waals surface area contributed by atoms with Crippen LogP contribution in [-0.2, 0) is 11.2 Å². The molecule has 0 aliphatic rings. The minimum Gasteiger partial charge on any atom is -0.444 e. The van der Waals surface area contributed by atoms with E-state index in [4.69, 9.17) is 4.74 Å². The molecule has 4 heteroatoms. The lowest BCUT2D eigenvalue weighted by Crippen LogP contribution is -2.37. The Labute approximate surface area is 124 Å². The van der Waals surface area contributed by atoms with Gasteiger partial charge in [-0.25, -0.2) is 4.79 Å². The first-order chi connectivity index (χ1) is 8.81. The van der Waals surface area contributed by atoms with Gasteiger partial charge in [0.25, 0.3) is 0 Å². The quantitative estimate of drug-likeness (QED) is 0.827. The van der Waals surface area contributed by atoms with Gasteiger partial charge in [-0.05, 0) is 51.8 Å². The lowest BCUT2D eigenvalue weighted by atomic mass is 10.1. The molecule has 1 aromatic carbocycles. The molecule has 0 radical (unpaired) electrons. The second-order valence-corrected chi connectivity index (χ2v) is 6.36. The van der Waals surface area contributed by atoms with Crippen LogP contribution in [0.4, 0.5) is 4.79 Å². The van der Waals surface area contributed by atoms with E-state index in [1.165, 1.54) is 5.56 Å². The average molecular weight is 328 g/mol. The third-order valence-electron chi connectivity index (χ3n) is 2.59. The average Bonchev–Trinajstić information content (AvgIpc) is 2.27. The van der Waals surface area contributed by atoms with Crippen LogP contribution in [0.25, 0.3) is 0 Å². The maximum atomic E-state index is 12.0. The number of halogens is 1. The van der Waals surface area contributed by atoms with Crippen LogP contribution >= 0.6 is 15.9 Å². The first-order valence-electron chi connectivity index (χ1n) is 6.54. The molecule has 0 aliphatic carbocycles. The SMILES string of the molecule is CCN(CCc1cccc(Br)c1)C(=O)OC(C)(C)C. The van der Waals surface area contributed by atoms with E-state index in [1.807, 2.05) is 39.8 Å². The van der Waals surface area contributed by atoms with Crippen LogP contribution in [0.5, 0.6) is 0 Å². The molecule has 106 valence electrons. The molecule has 0 bridgehead atoms. The summed E-state index contributed by atoms with van der Waals surface area (Å²) in [5, 5.41) is 0. The largest absolute Gasteiger partial charge is 0.444 e. The maximum absolute atomic E-state index is 12.0. The summed E-state index contributed by atoms with van der Waals surface area (Å²) in [4.78, 5) is 13.7. The van der Waals surface area contributed by atoms with Crippen molar-refractivity contribution in [2.45, 2.75) is 39.7 Å². The first kappa shape index (κ1) is 16.0. The minimum absolute atomic E-state index is 0.245. The van der Waals surface area contributed by atoms with Gasteiger partial charge in [-0.2, -0.15) is 0 Å². The van der Waals surface area contributed by atoms with Crippen LogP contribution in [0.3, 0.4) is 0 Å². The number of amides is 1. The summed E-state index contributed by atoms with van der Waals surface area (Å²) in [5.74, 6) is 0. The first-order valence-corrected chi connectivity index (χ1v) is 7.33. The number of benzene rings is 1. The van der Waals surface area contributed by atoms with E-state index in [9.17, 15) is 4.79 Å². The minimum atomic E-state index is -0.444. The molecular formula is C15H22BrNO2. The Hall–Kier alpha value is -1.03. The van der Waals surface area contributed by atoms with E-state index in [1.54, 1.807) is 4.90 Å². The zero-order chi connectivity index (χ0) is 14.5. The maximum Gasteiger partial charge on any atom is 0.410 e. The van der Waals surface area contributed by atoms with Crippen molar-refractivity contribution in [2.75, 3.05) is 13.1 Å². The Bertz CT molecular complexity index is 426. The summed E-state index contributed by atoms with van der Waals surface area (Å²) in [7, 11) is 0. The van der Waals surface area contributed by atoms with Crippen LogP contribution in [0.1, 0.15) is 33.3 Å². The van der Waals surface area contributed by atoms with Crippen molar-refractivity contribution >= 4 is 22.0 Å². The highest BCUT2D eigenvalue weighted by molar-refractivity contribution is 9.10. The van der Waals surface area contributed by atoms with Gasteiger partial charge in [0.2, 0.25) is 0 Å². The molecule has 19 heavy (non-hydrogen) atoms. The van der Waals surface area contributed by atoms with Crippen molar-refractivity contribution in [1.82, 2.24) is 4.90 Å². The summed E-state index contributed by atoms with van der Waals surface area (Å²) >= 11 is 3.45. The number of ether oxygens (including phenoxy) is 1. The highest BCUT2D eigenvalue weighted by Gasteiger charge is 2.20. The zero-order valence-electron chi connectivity index (χ0n) is 12.1. The zero-order valence-corrected chi connectivity index (χ0v) is 13.7. The second kappa shape index (κ2) is 6.94. The van der Waals surface area contributed by atoms with E-state index < -0.39 is 5.60 Å². The standard InChI is InChI=1S/C15H22BrNO2/c1-5-17(14(18)19-15(2,3)4)10-9-12-7-6-8-13(16)11-12/h6-8,11H,5,9-10H2,1-4H3. The number of carbonyl (C=O) groups is 1. The molecule has 0 N–H and O–H groups in total. The third-order valence-corrected chi connectivity index (χ3v) is 3.09. The summed E-state index contributed by atoms with van der Waals surface area (Å²) in [5.41, 5.74) is 0.761. The van der Waals surface area contributed by atoms with E-state index in [0.717, 1.165) is 10.9 Å². The van der Waals surface area contributed by atoms with Crippen LogP contribution in [-0.4, -0.2) is 29.7 Å². The van der Waals surface area contributed by atoms with E-state index in [2.05, 4.69) is 28.1 Å². The number of nitrogens with zero attached hydrogens (tertiary/aromatic N) is 1. The van der Waals surface area contributed by atoms with Crippen molar-refractivity contribution in [3.8, 4) is 0 Å². The van der Waals surface area contributed by atoms with Crippen molar-refractivity contribution in [3.63, 3.8) is 0 Å². The van der Waals surface area contributed by atoms with Gasteiger partial charge in [0.15, 0.2) is 0 Å². The number of carbonyl (C=O) groups excluding carboxylic acids is 1. The van der Waals surface area contributed by atoms with Gasteiger partial charge in [0, 0.05) is 17.6 Å². The Morgan fingerprint density at radius 1 is 1.37 bits per heavy atom. The topological polar surface area (TPSA) is 29.5 Å². The van der Waals surface area contributed by atoms with Gasteiger partial charge in [-0.3, -0.25) is 0 Å². The summed E-state index contributed by atoms with van der Waals surface area (Å²) < 4.78 is 6.44. The van der Waals surface area contributed by atoms with Gasteiger partial charge in [-0.15, -0.1) is 0 Å². The van der Waals surface area contributed by atoms with Crippen molar-refractivity contribution in [3.05, 3.63) is 34.3 Å². The molecule has 0 unspecified atom stereocenters. The predicted octanol–water partition coefficient (Wildman–Crippen LogP) is 4.25. The highest BCUT2D eigenvalue weighted by atomic mass is 79.9. The molecule has 0 fully saturated rings. The predicted molar refractivity (Wildman–Crippen MR) is 81.3 cm³/mol. The number of hydrogen-bond donors (Lipinski definition) is 0. The van der Waals surface area contributed by atoms with Crippen LogP contribution in [0.2, 0.25) is 0 Å².